The molecule has 2 saturated heterocycles. The van der Waals surface area contributed by atoms with Crippen molar-refractivity contribution in [2.75, 3.05) is 59.7 Å². The molecule has 2 aliphatic rings. The molecule has 3 rings (SSSR count). The molecule has 1 unspecified atom stereocenters. The molecular weight excluding hydrogens is 398 g/mol. The number of nitrogens with zero attached hydrogens (tertiary/aromatic N) is 3. The first kappa shape index (κ1) is 23.1. The molecule has 0 aliphatic carbocycles. The molecule has 0 aromatic heterocycles. The van der Waals surface area contributed by atoms with Crippen LogP contribution in [-0.4, -0.2) is 87.5 Å². The highest BCUT2D eigenvalue weighted by Crippen LogP contribution is 2.24. The topological polar surface area (TPSA) is 102 Å². The van der Waals surface area contributed by atoms with Crippen LogP contribution in [0.25, 0.3) is 0 Å². The molecule has 2 fully saturated rings. The number of morpholine rings is 1. The minimum absolute atomic E-state index is 0.126. The van der Waals surface area contributed by atoms with Crippen LogP contribution in [0.4, 0.5) is 4.79 Å². The second-order valence-electron chi connectivity index (χ2n) is 7.77. The van der Waals surface area contributed by atoms with Crippen molar-refractivity contribution in [3.05, 3.63) is 29.8 Å². The first-order valence-corrected chi connectivity index (χ1v) is 11.0. The van der Waals surface area contributed by atoms with E-state index < -0.39 is 0 Å². The maximum Gasteiger partial charge on any atom is 0.409 e. The highest BCUT2D eigenvalue weighted by Gasteiger charge is 2.25. The second-order valence-corrected chi connectivity index (χ2v) is 7.77. The third kappa shape index (κ3) is 6.73. The van der Waals surface area contributed by atoms with E-state index in [4.69, 9.17) is 19.9 Å². The molecule has 0 bridgehead atoms. The Hall–Kier alpha value is -2.52. The summed E-state index contributed by atoms with van der Waals surface area (Å²) < 4.78 is 15.9. The summed E-state index contributed by atoms with van der Waals surface area (Å²) in [6.07, 6.45) is 1.40. The van der Waals surface area contributed by atoms with Gasteiger partial charge in [-0.2, -0.15) is 0 Å². The number of piperidine rings is 1. The summed E-state index contributed by atoms with van der Waals surface area (Å²) in [7, 11) is 1.67. The summed E-state index contributed by atoms with van der Waals surface area (Å²) in [5.41, 5.74) is 7.40. The maximum absolute atomic E-state index is 11.8. The van der Waals surface area contributed by atoms with E-state index in [1.54, 1.807) is 12.0 Å². The fourth-order valence-corrected chi connectivity index (χ4v) is 4.01. The number of ether oxygens (including phenoxy) is 3. The van der Waals surface area contributed by atoms with Crippen molar-refractivity contribution in [3.8, 4) is 5.75 Å². The Morgan fingerprint density at radius 1 is 1.23 bits per heavy atom. The number of methoxy groups -OCH3 is 1. The standard InChI is InChI=1S/C22H35N5O4/c1-3-31-22(28)27-10-8-18(9-11-27)25-21(23)24-16-20(26-12-14-30-15-13-26)17-4-6-19(29-2)7-5-17/h4-7,18,20H,3,8-16H2,1-2H3,(H3,23,24,25). The van der Waals surface area contributed by atoms with Crippen molar-refractivity contribution in [2.45, 2.75) is 31.8 Å². The second kappa shape index (κ2) is 11.8. The molecule has 0 saturated carbocycles. The highest BCUT2D eigenvalue weighted by molar-refractivity contribution is 5.78. The fourth-order valence-electron chi connectivity index (χ4n) is 4.01. The maximum atomic E-state index is 11.8. The molecule has 1 aromatic rings. The van der Waals surface area contributed by atoms with Gasteiger partial charge in [0.25, 0.3) is 0 Å². The number of aliphatic imine (C=N–C) groups is 1. The highest BCUT2D eigenvalue weighted by atomic mass is 16.6. The van der Waals surface area contributed by atoms with Crippen LogP contribution in [0.3, 0.4) is 0 Å². The van der Waals surface area contributed by atoms with Gasteiger partial charge in [-0.25, -0.2) is 4.79 Å². The van der Waals surface area contributed by atoms with Crippen LogP contribution in [0.1, 0.15) is 31.4 Å². The summed E-state index contributed by atoms with van der Waals surface area (Å²) in [5.74, 6) is 1.28. The van der Waals surface area contributed by atoms with Gasteiger partial charge in [-0.05, 0) is 37.5 Å². The van der Waals surface area contributed by atoms with E-state index >= 15 is 0 Å². The molecule has 1 aromatic carbocycles. The Labute approximate surface area is 184 Å². The molecule has 3 N–H and O–H groups in total. The van der Waals surface area contributed by atoms with E-state index in [2.05, 4.69) is 27.3 Å². The summed E-state index contributed by atoms with van der Waals surface area (Å²) in [6, 6.07) is 8.46. The number of hydrogen-bond acceptors (Lipinski definition) is 6. The third-order valence-electron chi connectivity index (χ3n) is 5.79. The van der Waals surface area contributed by atoms with Gasteiger partial charge >= 0.3 is 6.09 Å². The minimum atomic E-state index is -0.240. The monoisotopic (exact) mass is 433 g/mol. The van der Waals surface area contributed by atoms with Gasteiger partial charge in [-0.1, -0.05) is 12.1 Å². The SMILES string of the molecule is CCOC(=O)N1CCC(NC(N)=NCC(c2ccc(OC)cc2)N2CCOCC2)CC1. The number of carbonyl (C=O) groups is 1. The van der Waals surface area contributed by atoms with Crippen LogP contribution in [0.15, 0.2) is 29.3 Å². The van der Waals surface area contributed by atoms with Crippen molar-refractivity contribution in [1.29, 1.82) is 0 Å². The van der Waals surface area contributed by atoms with Crippen LogP contribution >= 0.6 is 0 Å². The predicted molar refractivity (Wildman–Crippen MR) is 119 cm³/mol. The lowest BCUT2D eigenvalue weighted by Crippen LogP contribution is -2.48. The van der Waals surface area contributed by atoms with Gasteiger partial charge in [-0.15, -0.1) is 0 Å². The van der Waals surface area contributed by atoms with Gasteiger partial charge in [0.1, 0.15) is 5.75 Å². The van der Waals surface area contributed by atoms with E-state index in [0.717, 1.165) is 44.9 Å². The molecule has 1 amide bonds. The van der Waals surface area contributed by atoms with Gasteiger partial charge in [0.2, 0.25) is 0 Å². The smallest absolute Gasteiger partial charge is 0.409 e. The first-order chi connectivity index (χ1) is 15.1. The lowest BCUT2D eigenvalue weighted by atomic mass is 10.0. The summed E-state index contributed by atoms with van der Waals surface area (Å²) in [4.78, 5) is 20.6. The van der Waals surface area contributed by atoms with Crippen LogP contribution in [0.5, 0.6) is 5.75 Å². The zero-order valence-electron chi connectivity index (χ0n) is 18.6. The molecule has 1 atom stereocenters. The van der Waals surface area contributed by atoms with Crippen molar-refractivity contribution in [1.82, 2.24) is 15.1 Å². The van der Waals surface area contributed by atoms with E-state index in [1.165, 1.54) is 5.56 Å². The zero-order chi connectivity index (χ0) is 22.1. The molecule has 172 valence electrons. The summed E-state index contributed by atoms with van der Waals surface area (Å²) in [6.45, 7) is 7.28. The number of guanidine groups is 1. The van der Waals surface area contributed by atoms with E-state index in [1.807, 2.05) is 19.1 Å². The fraction of sp³-hybridized carbons (Fsp3) is 0.636. The Morgan fingerprint density at radius 2 is 1.90 bits per heavy atom. The van der Waals surface area contributed by atoms with Crippen molar-refractivity contribution >= 4 is 12.1 Å². The number of nitrogens with one attached hydrogen (secondary N) is 1. The average Bonchev–Trinajstić information content (AvgIpc) is 2.81. The Kier molecular flexibility index (Phi) is 8.78. The van der Waals surface area contributed by atoms with Gasteiger partial charge in [0.05, 0.1) is 39.5 Å². The Balaban J connectivity index is 1.57. The molecular formula is C22H35N5O4. The van der Waals surface area contributed by atoms with Crippen LogP contribution < -0.4 is 15.8 Å². The molecule has 0 radical (unpaired) electrons. The molecule has 9 heteroatoms. The van der Waals surface area contributed by atoms with Gasteiger partial charge in [-0.3, -0.25) is 9.89 Å². The number of carbonyl (C=O) groups excluding carboxylic acids is 1. The normalized spacial score (nSPS) is 19.7. The van der Waals surface area contributed by atoms with Crippen LogP contribution in [0.2, 0.25) is 0 Å². The number of nitrogens with two attached hydrogens (primary N) is 1. The van der Waals surface area contributed by atoms with Gasteiger partial charge in [0.15, 0.2) is 5.96 Å². The number of amides is 1. The molecule has 2 aliphatic heterocycles. The van der Waals surface area contributed by atoms with Crippen LogP contribution in [-0.2, 0) is 9.47 Å². The zero-order valence-corrected chi connectivity index (χ0v) is 18.6. The molecule has 0 spiro atoms. The number of hydrogen-bond donors (Lipinski definition) is 2. The Morgan fingerprint density at radius 3 is 2.52 bits per heavy atom. The van der Waals surface area contributed by atoms with E-state index in [-0.39, 0.29) is 18.2 Å². The number of rotatable bonds is 7. The molecule has 9 nitrogen and oxygen atoms in total. The largest absolute Gasteiger partial charge is 0.497 e. The third-order valence-corrected chi connectivity index (χ3v) is 5.79. The lowest BCUT2D eigenvalue weighted by Gasteiger charge is -2.34. The minimum Gasteiger partial charge on any atom is -0.497 e. The molecule has 2 heterocycles. The number of likely N-dealkylation sites (tertiary alicyclic amines) is 1. The van der Waals surface area contributed by atoms with E-state index in [0.29, 0.717) is 32.2 Å². The van der Waals surface area contributed by atoms with Gasteiger partial charge < -0.3 is 30.2 Å². The lowest BCUT2D eigenvalue weighted by molar-refractivity contribution is 0.0179. The summed E-state index contributed by atoms with van der Waals surface area (Å²) >= 11 is 0. The number of benzene rings is 1. The Bertz CT molecular complexity index is 713. The quantitative estimate of drug-likeness (QED) is 0.497. The summed E-state index contributed by atoms with van der Waals surface area (Å²) in [5, 5.41) is 3.32. The van der Waals surface area contributed by atoms with E-state index in [9.17, 15) is 4.79 Å². The van der Waals surface area contributed by atoms with Crippen molar-refractivity contribution < 1.29 is 19.0 Å². The molecule has 31 heavy (non-hydrogen) atoms. The van der Waals surface area contributed by atoms with Crippen molar-refractivity contribution in [3.63, 3.8) is 0 Å². The average molecular weight is 434 g/mol. The van der Waals surface area contributed by atoms with Gasteiger partial charge in [0, 0.05) is 32.2 Å². The van der Waals surface area contributed by atoms with Crippen LogP contribution in [0, 0.1) is 0 Å². The predicted octanol–water partition coefficient (Wildman–Crippen LogP) is 1.59. The first-order valence-electron chi connectivity index (χ1n) is 11.0. The van der Waals surface area contributed by atoms with Crippen molar-refractivity contribution in [2.24, 2.45) is 10.7 Å².